The minimum absolute atomic E-state index is 0.00312. The van der Waals surface area contributed by atoms with E-state index in [9.17, 15) is 14.4 Å². The van der Waals surface area contributed by atoms with E-state index >= 15 is 0 Å². The highest BCUT2D eigenvalue weighted by molar-refractivity contribution is 7.15. The van der Waals surface area contributed by atoms with Crippen LogP contribution in [-0.2, 0) is 9.59 Å². The van der Waals surface area contributed by atoms with E-state index in [2.05, 4.69) is 15.5 Å². The Kier molecular flexibility index (Phi) is 4.16. The van der Waals surface area contributed by atoms with Crippen molar-refractivity contribution in [2.24, 2.45) is 0 Å². The zero-order valence-electron chi connectivity index (χ0n) is 16.1. The Hall–Kier alpha value is -2.81. The first kappa shape index (κ1) is 18.2. The molecule has 1 aliphatic carbocycles. The van der Waals surface area contributed by atoms with Crippen LogP contribution in [0.4, 0.5) is 10.8 Å². The molecule has 1 N–H and O–H groups in total. The fourth-order valence-electron chi connectivity index (χ4n) is 4.22. The lowest BCUT2D eigenvalue weighted by molar-refractivity contribution is -0.117. The molecule has 29 heavy (non-hydrogen) atoms. The molecule has 3 aliphatic rings. The van der Waals surface area contributed by atoms with Crippen LogP contribution in [0.25, 0.3) is 0 Å². The Balaban J connectivity index is 1.32. The highest BCUT2D eigenvalue weighted by Gasteiger charge is 2.52. The van der Waals surface area contributed by atoms with Crippen LogP contribution in [0.3, 0.4) is 0 Å². The maximum Gasteiger partial charge on any atom is 0.257 e. The van der Waals surface area contributed by atoms with Gasteiger partial charge in [0, 0.05) is 25.3 Å². The van der Waals surface area contributed by atoms with Gasteiger partial charge < -0.3 is 10.2 Å². The summed E-state index contributed by atoms with van der Waals surface area (Å²) in [4.78, 5) is 41.6. The molecule has 1 saturated carbocycles. The van der Waals surface area contributed by atoms with Crippen molar-refractivity contribution in [2.75, 3.05) is 16.8 Å². The van der Waals surface area contributed by atoms with Crippen molar-refractivity contribution in [1.29, 1.82) is 0 Å². The molecule has 3 heterocycles. The number of nitrogens with zero attached hydrogens (tertiary/aromatic N) is 4. The van der Waals surface area contributed by atoms with Gasteiger partial charge in [0.1, 0.15) is 10.7 Å². The molecule has 3 amide bonds. The van der Waals surface area contributed by atoms with E-state index in [1.54, 1.807) is 21.9 Å². The number of carbonyl (C=O) groups excluding carboxylic acids is 3. The van der Waals surface area contributed by atoms with Crippen molar-refractivity contribution in [3.63, 3.8) is 0 Å². The van der Waals surface area contributed by atoms with Gasteiger partial charge in [-0.3, -0.25) is 19.3 Å². The van der Waals surface area contributed by atoms with Gasteiger partial charge in [-0.05, 0) is 38.3 Å². The van der Waals surface area contributed by atoms with Gasteiger partial charge in [0.2, 0.25) is 16.9 Å². The molecule has 0 bridgehead atoms. The largest absolute Gasteiger partial charge is 0.315 e. The summed E-state index contributed by atoms with van der Waals surface area (Å²) in [6, 6.07) is 7.17. The Morgan fingerprint density at radius 1 is 1.28 bits per heavy atom. The molecule has 5 rings (SSSR count). The van der Waals surface area contributed by atoms with Crippen LogP contribution >= 0.6 is 11.3 Å². The van der Waals surface area contributed by atoms with Gasteiger partial charge in [0.25, 0.3) is 5.91 Å². The Morgan fingerprint density at radius 2 is 2.07 bits per heavy atom. The van der Waals surface area contributed by atoms with E-state index in [0.29, 0.717) is 35.1 Å². The zero-order chi connectivity index (χ0) is 20.2. The molecular weight excluding hydrogens is 390 g/mol. The molecule has 2 aromatic rings. The van der Waals surface area contributed by atoms with Crippen LogP contribution in [0, 0.1) is 0 Å². The average Bonchev–Trinajstić information content (AvgIpc) is 3.37. The van der Waals surface area contributed by atoms with Gasteiger partial charge in [-0.15, -0.1) is 10.2 Å². The predicted octanol–water partition coefficient (Wildman–Crippen LogP) is 2.74. The van der Waals surface area contributed by atoms with Crippen molar-refractivity contribution in [3.8, 4) is 0 Å². The topological polar surface area (TPSA) is 95.5 Å². The van der Waals surface area contributed by atoms with Gasteiger partial charge in [-0.2, -0.15) is 0 Å². The number of para-hydroxylation sites is 1. The van der Waals surface area contributed by atoms with Crippen molar-refractivity contribution in [2.45, 2.75) is 50.6 Å². The fraction of sp³-hybridized carbons (Fsp3) is 0.450. The quantitative estimate of drug-likeness (QED) is 0.816. The number of hydrogen-bond donors (Lipinski definition) is 1. The Labute approximate surface area is 171 Å². The molecule has 1 aromatic carbocycles. The van der Waals surface area contributed by atoms with Crippen molar-refractivity contribution in [1.82, 2.24) is 15.1 Å². The molecular formula is C20H21N5O3S. The number of fused-ring (bicyclic) bond motifs is 3. The van der Waals surface area contributed by atoms with E-state index in [4.69, 9.17) is 0 Å². The maximum absolute atomic E-state index is 13.2. The molecule has 9 heteroatoms. The first-order chi connectivity index (χ1) is 14.0. The SMILES string of the molecule is C[C@]12CCC(=O)N1c1ccccc1C(=O)N2CCC(=O)Nc1nnc(C2CC2)s1. The number of aromatic nitrogens is 2. The van der Waals surface area contributed by atoms with Gasteiger partial charge >= 0.3 is 0 Å². The van der Waals surface area contributed by atoms with E-state index in [1.165, 1.54) is 11.3 Å². The minimum Gasteiger partial charge on any atom is -0.315 e. The van der Waals surface area contributed by atoms with Crippen LogP contribution in [0.15, 0.2) is 24.3 Å². The first-order valence-corrected chi connectivity index (χ1v) is 10.7. The zero-order valence-corrected chi connectivity index (χ0v) is 16.9. The summed E-state index contributed by atoms with van der Waals surface area (Å²) in [6.45, 7) is 2.13. The van der Waals surface area contributed by atoms with E-state index in [0.717, 1.165) is 17.8 Å². The number of hydrogen-bond acceptors (Lipinski definition) is 6. The Bertz CT molecular complexity index is 1020. The smallest absolute Gasteiger partial charge is 0.257 e. The number of rotatable bonds is 5. The summed E-state index contributed by atoms with van der Waals surface area (Å²) < 4.78 is 0. The van der Waals surface area contributed by atoms with Gasteiger partial charge in [0.05, 0.1) is 11.3 Å². The standard InChI is InChI=1S/C20H21N5O3S/c1-20-10-8-16(27)25(20)14-5-3-2-4-13(14)18(28)24(20)11-9-15(26)21-19-23-22-17(29-19)12-6-7-12/h2-5,12H,6-11H2,1H3,(H,21,23,26)/t20-/m1/s1. The highest BCUT2D eigenvalue weighted by Crippen LogP contribution is 2.44. The summed E-state index contributed by atoms with van der Waals surface area (Å²) in [5.74, 6) is 0.141. The van der Waals surface area contributed by atoms with Gasteiger partial charge in [-0.25, -0.2) is 0 Å². The van der Waals surface area contributed by atoms with Gasteiger partial charge in [-0.1, -0.05) is 23.5 Å². The third-order valence-corrected chi connectivity index (χ3v) is 6.92. The Morgan fingerprint density at radius 3 is 2.86 bits per heavy atom. The number of nitrogens with one attached hydrogen (secondary N) is 1. The maximum atomic E-state index is 13.2. The van der Waals surface area contributed by atoms with Crippen LogP contribution < -0.4 is 10.2 Å². The summed E-state index contributed by atoms with van der Waals surface area (Å²) in [5.41, 5.74) is 0.411. The number of benzene rings is 1. The highest BCUT2D eigenvalue weighted by atomic mass is 32.1. The van der Waals surface area contributed by atoms with Crippen LogP contribution in [0.1, 0.15) is 60.3 Å². The van der Waals surface area contributed by atoms with Crippen LogP contribution in [0.2, 0.25) is 0 Å². The summed E-state index contributed by atoms with van der Waals surface area (Å²) in [7, 11) is 0. The second-order valence-electron chi connectivity index (χ2n) is 7.94. The number of amides is 3. The molecule has 1 aromatic heterocycles. The number of carbonyl (C=O) groups is 3. The monoisotopic (exact) mass is 411 g/mol. The van der Waals surface area contributed by atoms with Crippen molar-refractivity contribution in [3.05, 3.63) is 34.8 Å². The van der Waals surface area contributed by atoms with Crippen molar-refractivity contribution >= 4 is 39.9 Å². The number of anilines is 2. The molecule has 0 unspecified atom stereocenters. The molecule has 150 valence electrons. The molecule has 2 fully saturated rings. The van der Waals surface area contributed by atoms with Crippen LogP contribution in [-0.4, -0.2) is 45.0 Å². The van der Waals surface area contributed by atoms with Crippen LogP contribution in [0.5, 0.6) is 0 Å². The summed E-state index contributed by atoms with van der Waals surface area (Å²) in [5, 5.41) is 12.4. The molecule has 0 spiro atoms. The van der Waals surface area contributed by atoms with Crippen molar-refractivity contribution < 1.29 is 14.4 Å². The lowest BCUT2D eigenvalue weighted by atomic mass is 9.98. The molecule has 8 nitrogen and oxygen atoms in total. The predicted molar refractivity (Wildman–Crippen MR) is 108 cm³/mol. The van der Waals surface area contributed by atoms with E-state index in [1.807, 2.05) is 19.1 Å². The third kappa shape index (κ3) is 3.00. The van der Waals surface area contributed by atoms with E-state index < -0.39 is 5.66 Å². The average molecular weight is 411 g/mol. The fourth-order valence-corrected chi connectivity index (χ4v) is 5.15. The molecule has 1 atom stereocenters. The normalized spacial score (nSPS) is 23.2. The lowest BCUT2D eigenvalue weighted by Crippen LogP contribution is -2.62. The molecule has 1 saturated heterocycles. The summed E-state index contributed by atoms with van der Waals surface area (Å²) in [6.07, 6.45) is 3.33. The second kappa shape index (κ2) is 6.62. The minimum atomic E-state index is -0.745. The third-order valence-electron chi connectivity index (χ3n) is 5.92. The molecule has 2 aliphatic heterocycles. The lowest BCUT2D eigenvalue weighted by Gasteiger charge is -2.48. The van der Waals surface area contributed by atoms with E-state index in [-0.39, 0.29) is 30.7 Å². The first-order valence-electron chi connectivity index (χ1n) is 9.85. The van der Waals surface area contributed by atoms with Gasteiger partial charge in [0.15, 0.2) is 0 Å². The molecule has 0 radical (unpaired) electrons. The second-order valence-corrected chi connectivity index (χ2v) is 8.95. The summed E-state index contributed by atoms with van der Waals surface area (Å²) >= 11 is 1.41.